The molecule has 6 heteroatoms. The summed E-state index contributed by atoms with van der Waals surface area (Å²) >= 11 is 0. The maximum absolute atomic E-state index is 12.8. The number of unbranched alkanes of at least 4 members (excludes halogenated alkanes) is 19. The smallest absolute Gasteiger partial charge is 0.306 e. The summed E-state index contributed by atoms with van der Waals surface area (Å²) in [5.41, 5.74) is 0. The van der Waals surface area contributed by atoms with Gasteiger partial charge in [-0.15, -0.1) is 0 Å². The van der Waals surface area contributed by atoms with E-state index in [1.54, 1.807) is 0 Å². The van der Waals surface area contributed by atoms with Crippen molar-refractivity contribution in [3.05, 3.63) is 85.1 Å². The molecule has 6 nitrogen and oxygen atoms in total. The van der Waals surface area contributed by atoms with Crippen LogP contribution in [0, 0.1) is 0 Å². The van der Waals surface area contributed by atoms with E-state index in [4.69, 9.17) is 14.2 Å². The standard InChI is InChI=1S/C55H92O6/c1-4-7-10-13-16-19-21-23-25-26-27-28-30-31-33-36-39-42-45-48-54(57)60-51-52(50-59-53(56)47-44-41-38-35-18-15-12-9-6-3)61-55(58)49-46-43-40-37-34-32-29-24-22-20-17-14-11-8-5-2/h7,10,16,19,23,25,27-28,31,33,35,38-39,42,52H,4-6,8-9,11-15,17-18,20-22,24,26,29-30,32,34,36-37,40-41,43-51H2,1-3H3/b10-7-,19-16-,25-23-,28-27-,33-31-,38-35-,42-39-. The number of carbonyl (C=O) groups is 3. The van der Waals surface area contributed by atoms with Crippen LogP contribution in [0.15, 0.2) is 85.1 Å². The van der Waals surface area contributed by atoms with E-state index in [1.807, 2.05) is 12.2 Å². The quantitative estimate of drug-likeness (QED) is 0.0263. The van der Waals surface area contributed by atoms with Crippen molar-refractivity contribution >= 4 is 17.9 Å². The summed E-state index contributed by atoms with van der Waals surface area (Å²) in [5, 5.41) is 0. The third-order valence-corrected chi connectivity index (χ3v) is 10.4. The van der Waals surface area contributed by atoms with E-state index in [1.165, 1.54) is 103 Å². The average Bonchev–Trinajstić information content (AvgIpc) is 3.26. The molecule has 0 heterocycles. The first-order valence-corrected chi connectivity index (χ1v) is 25.1. The molecule has 61 heavy (non-hydrogen) atoms. The van der Waals surface area contributed by atoms with E-state index in [-0.39, 0.29) is 37.5 Å². The Bertz CT molecular complexity index is 1200. The highest BCUT2D eigenvalue weighted by atomic mass is 16.6. The van der Waals surface area contributed by atoms with Gasteiger partial charge >= 0.3 is 17.9 Å². The molecule has 0 aliphatic rings. The average molecular weight is 849 g/mol. The molecule has 0 saturated carbocycles. The Morgan fingerprint density at radius 3 is 1.15 bits per heavy atom. The van der Waals surface area contributed by atoms with E-state index in [0.717, 1.165) is 70.6 Å². The zero-order valence-corrected chi connectivity index (χ0v) is 39.7. The Morgan fingerprint density at radius 1 is 0.344 bits per heavy atom. The number of allylic oxidation sites excluding steroid dienone is 14. The first-order valence-electron chi connectivity index (χ1n) is 25.1. The summed E-state index contributed by atoms with van der Waals surface area (Å²) in [6, 6.07) is 0. The van der Waals surface area contributed by atoms with Crippen molar-refractivity contribution in [1.82, 2.24) is 0 Å². The molecule has 0 amide bonds. The third-order valence-electron chi connectivity index (χ3n) is 10.4. The minimum atomic E-state index is -0.814. The molecular weight excluding hydrogens is 757 g/mol. The van der Waals surface area contributed by atoms with Crippen LogP contribution in [-0.2, 0) is 28.6 Å². The Kier molecular flexibility index (Phi) is 46.5. The maximum atomic E-state index is 12.8. The van der Waals surface area contributed by atoms with Crippen molar-refractivity contribution in [2.45, 2.75) is 232 Å². The van der Waals surface area contributed by atoms with Crippen LogP contribution in [0.3, 0.4) is 0 Å². The fourth-order valence-corrected chi connectivity index (χ4v) is 6.65. The summed E-state index contributed by atoms with van der Waals surface area (Å²) in [6.45, 7) is 6.39. The first kappa shape index (κ1) is 57.6. The van der Waals surface area contributed by atoms with Gasteiger partial charge < -0.3 is 14.2 Å². The highest BCUT2D eigenvalue weighted by Gasteiger charge is 2.19. The van der Waals surface area contributed by atoms with E-state index >= 15 is 0 Å². The number of ether oxygens (including phenoxy) is 3. The molecule has 1 unspecified atom stereocenters. The Balaban J connectivity index is 4.46. The van der Waals surface area contributed by atoms with Gasteiger partial charge in [-0.25, -0.2) is 0 Å². The van der Waals surface area contributed by atoms with Gasteiger partial charge in [-0.05, 0) is 77.0 Å². The van der Waals surface area contributed by atoms with Crippen LogP contribution in [-0.4, -0.2) is 37.2 Å². The molecule has 348 valence electrons. The summed E-state index contributed by atoms with van der Waals surface area (Å²) in [6.07, 6.45) is 63.0. The monoisotopic (exact) mass is 849 g/mol. The molecule has 1 atom stereocenters. The molecule has 0 bridgehead atoms. The molecule has 0 fully saturated rings. The zero-order valence-electron chi connectivity index (χ0n) is 39.7. The van der Waals surface area contributed by atoms with Gasteiger partial charge in [-0.2, -0.15) is 0 Å². The lowest BCUT2D eigenvalue weighted by Gasteiger charge is -2.18. The predicted molar refractivity (Wildman–Crippen MR) is 261 cm³/mol. The van der Waals surface area contributed by atoms with Crippen LogP contribution in [0.2, 0.25) is 0 Å². The van der Waals surface area contributed by atoms with Gasteiger partial charge in [0.2, 0.25) is 0 Å². The summed E-state index contributed by atoms with van der Waals surface area (Å²) in [4.78, 5) is 37.8. The van der Waals surface area contributed by atoms with Crippen LogP contribution in [0.1, 0.15) is 226 Å². The van der Waals surface area contributed by atoms with Crippen molar-refractivity contribution in [3.63, 3.8) is 0 Å². The van der Waals surface area contributed by atoms with Crippen molar-refractivity contribution in [2.75, 3.05) is 13.2 Å². The van der Waals surface area contributed by atoms with Crippen molar-refractivity contribution < 1.29 is 28.6 Å². The Hall–Kier alpha value is -3.41. The molecule has 0 spiro atoms. The third kappa shape index (κ3) is 47.5. The number of hydrogen-bond acceptors (Lipinski definition) is 6. The van der Waals surface area contributed by atoms with Gasteiger partial charge in [-0.1, -0.05) is 215 Å². The van der Waals surface area contributed by atoms with Crippen molar-refractivity contribution in [1.29, 1.82) is 0 Å². The lowest BCUT2D eigenvalue weighted by molar-refractivity contribution is -0.166. The Morgan fingerprint density at radius 2 is 0.689 bits per heavy atom. The van der Waals surface area contributed by atoms with E-state index in [0.29, 0.717) is 25.7 Å². The second kappa shape index (κ2) is 49.2. The number of esters is 3. The van der Waals surface area contributed by atoms with Crippen molar-refractivity contribution in [2.24, 2.45) is 0 Å². The zero-order chi connectivity index (χ0) is 44.4. The largest absolute Gasteiger partial charge is 0.462 e. The number of carbonyl (C=O) groups excluding carboxylic acids is 3. The van der Waals surface area contributed by atoms with E-state index < -0.39 is 6.10 Å². The second-order valence-corrected chi connectivity index (χ2v) is 16.3. The summed E-state index contributed by atoms with van der Waals surface area (Å²) in [5.74, 6) is -1.03. The molecule has 0 aromatic carbocycles. The van der Waals surface area contributed by atoms with Crippen LogP contribution < -0.4 is 0 Å². The SMILES string of the molecule is CC/C=C\C/C=C\C/C=C\C/C=C\C/C=C\C/C=C\CCC(=O)OCC(COC(=O)CCC/C=C\CCCCCC)OC(=O)CCCCCCCCCCCCCCCCC. The van der Waals surface area contributed by atoms with E-state index in [9.17, 15) is 14.4 Å². The molecule has 0 aliphatic carbocycles. The molecule has 0 aromatic rings. The second-order valence-electron chi connectivity index (χ2n) is 16.3. The predicted octanol–water partition coefficient (Wildman–Crippen LogP) is 16.4. The normalized spacial score (nSPS) is 12.8. The van der Waals surface area contributed by atoms with Gasteiger partial charge in [-0.3, -0.25) is 14.4 Å². The van der Waals surface area contributed by atoms with Gasteiger partial charge in [0, 0.05) is 19.3 Å². The van der Waals surface area contributed by atoms with Crippen LogP contribution in [0.25, 0.3) is 0 Å². The lowest BCUT2D eigenvalue weighted by Crippen LogP contribution is -2.30. The van der Waals surface area contributed by atoms with Crippen LogP contribution in [0.4, 0.5) is 0 Å². The molecule has 0 aromatic heterocycles. The molecule has 0 radical (unpaired) electrons. The van der Waals surface area contributed by atoms with Gasteiger partial charge in [0.05, 0.1) is 0 Å². The fourth-order valence-electron chi connectivity index (χ4n) is 6.65. The minimum absolute atomic E-state index is 0.114. The molecule has 0 aliphatic heterocycles. The highest BCUT2D eigenvalue weighted by Crippen LogP contribution is 2.15. The fraction of sp³-hybridized carbons (Fsp3) is 0.691. The topological polar surface area (TPSA) is 78.9 Å². The highest BCUT2D eigenvalue weighted by molar-refractivity contribution is 5.71. The van der Waals surface area contributed by atoms with Crippen molar-refractivity contribution in [3.8, 4) is 0 Å². The lowest BCUT2D eigenvalue weighted by atomic mass is 10.0. The van der Waals surface area contributed by atoms with Gasteiger partial charge in [0.25, 0.3) is 0 Å². The van der Waals surface area contributed by atoms with Gasteiger partial charge in [0.15, 0.2) is 6.10 Å². The first-order chi connectivity index (χ1) is 30.0. The summed E-state index contributed by atoms with van der Waals surface area (Å²) in [7, 11) is 0. The number of hydrogen-bond donors (Lipinski definition) is 0. The molecule has 0 rings (SSSR count). The molecule has 0 N–H and O–H groups in total. The van der Waals surface area contributed by atoms with Crippen LogP contribution in [0.5, 0.6) is 0 Å². The van der Waals surface area contributed by atoms with Gasteiger partial charge in [0.1, 0.15) is 13.2 Å². The summed E-state index contributed by atoms with van der Waals surface area (Å²) < 4.78 is 16.6. The van der Waals surface area contributed by atoms with Crippen LogP contribution >= 0.6 is 0 Å². The molecular formula is C55H92O6. The Labute approximate surface area is 375 Å². The van der Waals surface area contributed by atoms with E-state index in [2.05, 4.69) is 93.7 Å². The minimum Gasteiger partial charge on any atom is -0.462 e. The molecule has 0 saturated heterocycles. The maximum Gasteiger partial charge on any atom is 0.306 e. The number of rotatable bonds is 44.